The predicted molar refractivity (Wildman–Crippen MR) is 93.1 cm³/mol. The third kappa shape index (κ3) is 4.97. The largest absolute Gasteiger partial charge is 0.325 e. The molecule has 7 heteroatoms. The highest BCUT2D eigenvalue weighted by molar-refractivity contribution is 8.00. The van der Waals surface area contributed by atoms with Gasteiger partial charge in [0.15, 0.2) is 0 Å². The van der Waals surface area contributed by atoms with Gasteiger partial charge in [-0.2, -0.15) is 0 Å². The van der Waals surface area contributed by atoms with Crippen molar-refractivity contribution in [1.29, 1.82) is 0 Å². The minimum Gasteiger partial charge on any atom is -0.325 e. The van der Waals surface area contributed by atoms with Crippen molar-refractivity contribution in [3.63, 3.8) is 0 Å². The number of nitro groups is 1. The summed E-state index contributed by atoms with van der Waals surface area (Å²) in [4.78, 5) is 23.6. The second kappa shape index (κ2) is 7.99. The maximum Gasteiger partial charge on any atom is 0.271 e. The van der Waals surface area contributed by atoms with Gasteiger partial charge in [0.2, 0.25) is 5.91 Å². The molecule has 23 heavy (non-hydrogen) atoms. The fraction of sp³-hybridized carbons (Fsp3) is 0.188. The average molecular weight is 351 g/mol. The maximum atomic E-state index is 12.4. The topological polar surface area (TPSA) is 72.2 Å². The summed E-state index contributed by atoms with van der Waals surface area (Å²) >= 11 is 7.28. The molecular weight excluding hydrogens is 336 g/mol. The zero-order valence-electron chi connectivity index (χ0n) is 12.4. The number of hydrogen-bond donors (Lipinski definition) is 1. The zero-order valence-corrected chi connectivity index (χ0v) is 13.9. The summed E-state index contributed by atoms with van der Waals surface area (Å²) in [7, 11) is 0. The molecule has 0 radical (unpaired) electrons. The minimum atomic E-state index is -0.491. The molecule has 0 aliphatic rings. The van der Waals surface area contributed by atoms with E-state index in [0.29, 0.717) is 17.1 Å². The quantitative estimate of drug-likeness (QED) is 0.463. The van der Waals surface area contributed by atoms with E-state index in [0.717, 1.165) is 4.90 Å². The summed E-state index contributed by atoms with van der Waals surface area (Å²) in [5, 5.41) is 13.9. The molecule has 0 bridgehead atoms. The van der Waals surface area contributed by atoms with E-state index >= 15 is 0 Å². The summed E-state index contributed by atoms with van der Waals surface area (Å²) < 4.78 is 0. The van der Waals surface area contributed by atoms with Gasteiger partial charge in [-0.05, 0) is 36.8 Å². The maximum absolute atomic E-state index is 12.4. The number of nitrogens with one attached hydrogen (secondary N) is 1. The van der Waals surface area contributed by atoms with Gasteiger partial charge in [-0.15, -0.1) is 11.8 Å². The number of non-ortho nitro benzene ring substituents is 1. The molecule has 2 rings (SSSR count). The van der Waals surface area contributed by atoms with Crippen LogP contribution in [0.4, 0.5) is 11.4 Å². The van der Waals surface area contributed by atoms with E-state index in [1.807, 2.05) is 19.1 Å². The Labute approximate surface area is 143 Å². The van der Waals surface area contributed by atoms with E-state index in [2.05, 4.69) is 5.32 Å². The normalized spacial score (nSPS) is 11.7. The van der Waals surface area contributed by atoms with Crippen LogP contribution in [-0.4, -0.2) is 16.1 Å². The van der Waals surface area contributed by atoms with Gasteiger partial charge in [0, 0.05) is 27.7 Å². The van der Waals surface area contributed by atoms with Crippen molar-refractivity contribution in [2.24, 2.45) is 0 Å². The van der Waals surface area contributed by atoms with E-state index in [-0.39, 0.29) is 16.8 Å². The number of nitro benzene ring substituents is 1. The highest BCUT2D eigenvalue weighted by Crippen LogP contribution is 2.28. The van der Waals surface area contributed by atoms with Gasteiger partial charge in [0.25, 0.3) is 5.69 Å². The Morgan fingerprint density at radius 1 is 1.30 bits per heavy atom. The average Bonchev–Trinajstić information content (AvgIpc) is 2.54. The number of carbonyl (C=O) groups excluding carboxylic acids is 1. The first-order valence-corrected chi connectivity index (χ1v) is 8.23. The molecule has 0 fully saturated rings. The van der Waals surface area contributed by atoms with Gasteiger partial charge in [-0.25, -0.2) is 0 Å². The van der Waals surface area contributed by atoms with E-state index in [4.69, 9.17) is 11.6 Å². The second-order valence-corrected chi connectivity index (χ2v) is 6.48. The molecule has 120 valence electrons. The number of nitrogens with zero attached hydrogens (tertiary/aromatic N) is 1. The number of thioether (sulfide) groups is 1. The molecular formula is C16H15ClN2O3S. The zero-order chi connectivity index (χ0) is 16.8. The minimum absolute atomic E-state index is 0.0544. The number of rotatable bonds is 6. The van der Waals surface area contributed by atoms with Crippen LogP contribution in [0, 0.1) is 10.1 Å². The molecule has 0 saturated heterocycles. The van der Waals surface area contributed by atoms with Gasteiger partial charge in [-0.1, -0.05) is 24.6 Å². The highest BCUT2D eigenvalue weighted by Gasteiger charge is 2.18. The smallest absolute Gasteiger partial charge is 0.271 e. The Kier molecular flexibility index (Phi) is 6.01. The van der Waals surface area contributed by atoms with Crippen molar-refractivity contribution in [3.8, 4) is 0 Å². The lowest BCUT2D eigenvalue weighted by molar-refractivity contribution is -0.384. The lowest BCUT2D eigenvalue weighted by atomic mass is 10.2. The summed E-state index contributed by atoms with van der Waals surface area (Å²) in [6.45, 7) is 1.92. The summed E-state index contributed by atoms with van der Waals surface area (Å²) in [5.74, 6) is -0.187. The molecule has 2 aromatic carbocycles. The molecule has 0 unspecified atom stereocenters. The second-order valence-electron chi connectivity index (χ2n) is 4.77. The Morgan fingerprint density at radius 3 is 2.61 bits per heavy atom. The van der Waals surface area contributed by atoms with Crippen LogP contribution in [0.25, 0.3) is 0 Å². The van der Waals surface area contributed by atoms with Crippen LogP contribution in [0.15, 0.2) is 53.4 Å². The molecule has 0 saturated carbocycles. The molecule has 5 nitrogen and oxygen atoms in total. The first-order valence-electron chi connectivity index (χ1n) is 6.97. The van der Waals surface area contributed by atoms with Crippen LogP contribution in [-0.2, 0) is 4.79 Å². The van der Waals surface area contributed by atoms with Crippen molar-refractivity contribution in [2.45, 2.75) is 23.5 Å². The molecule has 1 amide bonds. The fourth-order valence-electron chi connectivity index (χ4n) is 1.92. The summed E-state index contributed by atoms with van der Waals surface area (Å²) in [5.41, 5.74) is 0.362. The predicted octanol–water partition coefficient (Wildman–Crippen LogP) is 4.76. The number of halogens is 1. The molecule has 1 atom stereocenters. The molecule has 0 aliphatic heterocycles. The monoisotopic (exact) mass is 350 g/mol. The molecule has 1 N–H and O–H groups in total. The van der Waals surface area contributed by atoms with Gasteiger partial charge < -0.3 is 5.32 Å². The van der Waals surface area contributed by atoms with E-state index in [1.165, 1.54) is 23.9 Å². The van der Waals surface area contributed by atoms with E-state index < -0.39 is 4.92 Å². The summed E-state index contributed by atoms with van der Waals surface area (Å²) in [6.07, 6.45) is 0.633. The first kappa shape index (κ1) is 17.3. The molecule has 0 aliphatic carbocycles. The van der Waals surface area contributed by atoms with Crippen LogP contribution in [0.5, 0.6) is 0 Å². The van der Waals surface area contributed by atoms with E-state index in [1.54, 1.807) is 24.3 Å². The first-order chi connectivity index (χ1) is 11.0. The molecule has 0 aromatic heterocycles. The van der Waals surface area contributed by atoms with Crippen molar-refractivity contribution in [1.82, 2.24) is 0 Å². The molecule has 0 heterocycles. The summed E-state index contributed by atoms with van der Waals surface area (Å²) in [6, 6.07) is 13.2. The van der Waals surface area contributed by atoms with Gasteiger partial charge in [0.05, 0.1) is 10.2 Å². The van der Waals surface area contributed by atoms with Crippen molar-refractivity contribution in [3.05, 3.63) is 63.7 Å². The third-order valence-electron chi connectivity index (χ3n) is 3.08. The number of anilines is 1. The Bertz CT molecular complexity index is 707. The lowest BCUT2D eigenvalue weighted by Gasteiger charge is -2.14. The fourth-order valence-corrected chi connectivity index (χ4v) is 3.00. The van der Waals surface area contributed by atoms with Crippen LogP contribution in [0.2, 0.25) is 5.02 Å². The highest BCUT2D eigenvalue weighted by atomic mass is 35.5. The van der Waals surface area contributed by atoms with Crippen LogP contribution in [0.3, 0.4) is 0 Å². The van der Waals surface area contributed by atoms with Gasteiger partial charge in [-0.3, -0.25) is 14.9 Å². The van der Waals surface area contributed by atoms with Gasteiger partial charge in [0.1, 0.15) is 0 Å². The lowest BCUT2D eigenvalue weighted by Crippen LogP contribution is -2.24. The third-order valence-corrected chi connectivity index (χ3v) is 4.71. The number of carbonyl (C=O) groups is 1. The SMILES string of the molecule is CC[C@@H](Sc1ccc(Cl)cc1)C(=O)Nc1cccc([N+](=O)[O-])c1. The Morgan fingerprint density at radius 2 is 2.00 bits per heavy atom. The van der Waals surface area contributed by atoms with Crippen LogP contribution < -0.4 is 5.32 Å². The molecule has 2 aromatic rings. The Balaban J connectivity index is 2.06. The van der Waals surface area contributed by atoms with Crippen molar-refractivity contribution in [2.75, 3.05) is 5.32 Å². The van der Waals surface area contributed by atoms with Crippen molar-refractivity contribution >= 4 is 40.6 Å². The van der Waals surface area contributed by atoms with E-state index in [9.17, 15) is 14.9 Å². The van der Waals surface area contributed by atoms with Gasteiger partial charge >= 0.3 is 0 Å². The van der Waals surface area contributed by atoms with Crippen LogP contribution >= 0.6 is 23.4 Å². The number of benzene rings is 2. The van der Waals surface area contributed by atoms with Crippen molar-refractivity contribution < 1.29 is 9.72 Å². The standard InChI is InChI=1S/C16H15ClN2O3S/c1-2-15(23-14-8-6-11(17)7-9-14)16(20)18-12-4-3-5-13(10-12)19(21)22/h3-10,15H,2H2,1H3,(H,18,20)/t15-/m1/s1. The number of amides is 1. The Hall–Kier alpha value is -2.05. The molecule has 0 spiro atoms. The van der Waals surface area contributed by atoms with Crippen LogP contribution in [0.1, 0.15) is 13.3 Å². The number of hydrogen-bond acceptors (Lipinski definition) is 4.